The summed E-state index contributed by atoms with van der Waals surface area (Å²) in [6, 6.07) is 9.58. The molecule has 1 fully saturated rings. The molecule has 0 bridgehead atoms. The van der Waals surface area contributed by atoms with Crippen molar-refractivity contribution in [3.8, 4) is 11.5 Å². The maximum absolute atomic E-state index is 12.7. The molecule has 6 nitrogen and oxygen atoms in total. The van der Waals surface area contributed by atoms with Crippen molar-refractivity contribution < 1.29 is 19.1 Å². The van der Waals surface area contributed by atoms with Crippen molar-refractivity contribution in [2.75, 3.05) is 18.6 Å². The molecule has 1 aliphatic heterocycles. The Morgan fingerprint density at radius 3 is 2.56 bits per heavy atom. The topological polar surface area (TPSA) is 67.9 Å². The predicted octanol–water partition coefficient (Wildman–Crippen LogP) is 4.45. The number of imide groups is 1. The second-order valence-corrected chi connectivity index (χ2v) is 7.17. The van der Waals surface area contributed by atoms with Gasteiger partial charge in [-0.05, 0) is 77.6 Å². The Kier molecular flexibility index (Phi) is 5.91. The van der Waals surface area contributed by atoms with E-state index in [-0.39, 0.29) is 5.70 Å². The van der Waals surface area contributed by atoms with Crippen LogP contribution in [-0.2, 0) is 4.79 Å². The van der Waals surface area contributed by atoms with Crippen molar-refractivity contribution in [1.82, 2.24) is 5.32 Å². The summed E-state index contributed by atoms with van der Waals surface area (Å²) in [5.41, 5.74) is 1.34. The molecule has 0 spiro atoms. The van der Waals surface area contributed by atoms with Gasteiger partial charge in [0.2, 0.25) is 0 Å². The highest BCUT2D eigenvalue weighted by atomic mass is 127. The third-order valence-corrected chi connectivity index (χ3v) is 4.86. The van der Waals surface area contributed by atoms with Gasteiger partial charge in [-0.15, -0.1) is 0 Å². The van der Waals surface area contributed by atoms with Crippen LogP contribution >= 0.6 is 34.2 Å². The Balaban J connectivity index is 1.95. The number of nitrogens with zero attached hydrogens (tertiary/aromatic N) is 1. The number of hydrogen-bond donors (Lipinski definition) is 1. The first-order chi connectivity index (χ1) is 12.9. The van der Waals surface area contributed by atoms with Gasteiger partial charge >= 0.3 is 6.03 Å². The molecule has 0 saturated carbocycles. The lowest BCUT2D eigenvalue weighted by molar-refractivity contribution is -0.113. The molecule has 2 aromatic rings. The van der Waals surface area contributed by atoms with Gasteiger partial charge in [0, 0.05) is 5.02 Å². The summed E-state index contributed by atoms with van der Waals surface area (Å²) in [4.78, 5) is 26.1. The van der Waals surface area contributed by atoms with Crippen LogP contribution in [0, 0.1) is 3.57 Å². The van der Waals surface area contributed by atoms with Crippen LogP contribution in [0.5, 0.6) is 11.5 Å². The minimum Gasteiger partial charge on any atom is -0.492 e. The van der Waals surface area contributed by atoms with Crippen molar-refractivity contribution in [2.45, 2.75) is 6.92 Å². The fourth-order valence-corrected chi connectivity index (χ4v) is 3.63. The zero-order chi connectivity index (χ0) is 19.6. The molecule has 0 unspecified atom stereocenters. The van der Waals surface area contributed by atoms with Crippen LogP contribution in [0.25, 0.3) is 6.08 Å². The number of nitrogens with one attached hydrogen (secondary N) is 1. The minimum absolute atomic E-state index is 0.179. The van der Waals surface area contributed by atoms with Crippen LogP contribution in [0.2, 0.25) is 5.02 Å². The smallest absolute Gasteiger partial charge is 0.333 e. The van der Waals surface area contributed by atoms with Gasteiger partial charge in [-0.1, -0.05) is 11.6 Å². The Bertz CT molecular complexity index is 928. The van der Waals surface area contributed by atoms with E-state index in [0.717, 1.165) is 8.47 Å². The Labute approximate surface area is 175 Å². The third-order valence-electron chi connectivity index (χ3n) is 3.81. The number of rotatable bonds is 5. The van der Waals surface area contributed by atoms with Gasteiger partial charge in [0.15, 0.2) is 11.5 Å². The van der Waals surface area contributed by atoms with Gasteiger partial charge in [0.25, 0.3) is 5.91 Å². The van der Waals surface area contributed by atoms with Gasteiger partial charge in [-0.2, -0.15) is 0 Å². The van der Waals surface area contributed by atoms with Crippen LogP contribution in [0.3, 0.4) is 0 Å². The lowest BCUT2D eigenvalue weighted by Gasteiger charge is -2.12. The van der Waals surface area contributed by atoms with Crippen molar-refractivity contribution in [3.05, 3.63) is 56.3 Å². The number of methoxy groups -OCH3 is 1. The average molecular weight is 499 g/mol. The Morgan fingerprint density at radius 2 is 1.93 bits per heavy atom. The van der Waals surface area contributed by atoms with Gasteiger partial charge in [0.1, 0.15) is 5.70 Å². The van der Waals surface area contributed by atoms with E-state index in [1.165, 1.54) is 0 Å². The maximum Gasteiger partial charge on any atom is 0.333 e. The lowest BCUT2D eigenvalue weighted by Crippen LogP contribution is -2.30. The van der Waals surface area contributed by atoms with E-state index < -0.39 is 11.9 Å². The highest BCUT2D eigenvalue weighted by molar-refractivity contribution is 14.1. The first-order valence-electron chi connectivity index (χ1n) is 8.07. The van der Waals surface area contributed by atoms with Crippen molar-refractivity contribution in [2.24, 2.45) is 0 Å². The Morgan fingerprint density at radius 1 is 1.22 bits per heavy atom. The molecule has 0 radical (unpaired) electrons. The van der Waals surface area contributed by atoms with Gasteiger partial charge in [-0.3, -0.25) is 4.79 Å². The SMILES string of the molecule is CCOc1cc(/C=C2/NC(=O)N(c3ccc(Cl)cc3)C2=O)cc(I)c1OC. The van der Waals surface area contributed by atoms with Crippen molar-refractivity contribution in [1.29, 1.82) is 0 Å². The van der Waals surface area contributed by atoms with Crippen LogP contribution in [0.1, 0.15) is 12.5 Å². The van der Waals surface area contributed by atoms with Crippen LogP contribution in [0.15, 0.2) is 42.1 Å². The van der Waals surface area contributed by atoms with Gasteiger partial charge in [0.05, 0.1) is 23.0 Å². The molecule has 8 heteroatoms. The molecule has 3 amide bonds. The standard InChI is InChI=1S/C19H16ClIN2O4/c1-3-27-16-10-11(8-14(21)17(16)26-2)9-15-18(24)23(19(25)22-15)13-6-4-12(20)5-7-13/h4-10H,3H2,1-2H3,(H,22,25)/b15-9+. The summed E-state index contributed by atoms with van der Waals surface area (Å²) < 4.78 is 11.8. The number of amides is 3. The van der Waals surface area contributed by atoms with E-state index in [9.17, 15) is 9.59 Å². The highest BCUT2D eigenvalue weighted by Gasteiger charge is 2.34. The zero-order valence-corrected chi connectivity index (χ0v) is 17.5. The number of ether oxygens (including phenoxy) is 2. The maximum atomic E-state index is 12.7. The molecule has 0 aromatic heterocycles. The molecule has 0 atom stereocenters. The second kappa shape index (κ2) is 8.18. The summed E-state index contributed by atoms with van der Waals surface area (Å²) in [7, 11) is 1.57. The molecular formula is C19H16ClIN2O4. The molecule has 140 valence electrons. The predicted molar refractivity (Wildman–Crippen MR) is 112 cm³/mol. The molecule has 1 aliphatic rings. The zero-order valence-electron chi connectivity index (χ0n) is 14.6. The summed E-state index contributed by atoms with van der Waals surface area (Å²) in [5, 5.41) is 3.13. The number of benzene rings is 2. The van der Waals surface area contributed by atoms with Gasteiger partial charge in [-0.25, -0.2) is 9.69 Å². The van der Waals surface area contributed by atoms with Gasteiger partial charge < -0.3 is 14.8 Å². The largest absolute Gasteiger partial charge is 0.492 e. The fraction of sp³-hybridized carbons (Fsp3) is 0.158. The second-order valence-electron chi connectivity index (χ2n) is 5.57. The number of hydrogen-bond acceptors (Lipinski definition) is 4. The first-order valence-corrected chi connectivity index (χ1v) is 9.53. The number of anilines is 1. The quantitative estimate of drug-likeness (QED) is 0.376. The van der Waals surface area contributed by atoms with E-state index in [2.05, 4.69) is 27.9 Å². The average Bonchev–Trinajstić information content (AvgIpc) is 2.90. The fourth-order valence-electron chi connectivity index (χ4n) is 2.66. The molecule has 1 N–H and O–H groups in total. The van der Waals surface area contributed by atoms with Crippen LogP contribution in [0.4, 0.5) is 10.5 Å². The molecular weight excluding hydrogens is 483 g/mol. The molecule has 1 saturated heterocycles. The molecule has 27 heavy (non-hydrogen) atoms. The lowest BCUT2D eigenvalue weighted by atomic mass is 10.1. The summed E-state index contributed by atoms with van der Waals surface area (Å²) in [6.45, 7) is 2.36. The van der Waals surface area contributed by atoms with Crippen molar-refractivity contribution >= 4 is 57.9 Å². The van der Waals surface area contributed by atoms with E-state index in [4.69, 9.17) is 21.1 Å². The summed E-state index contributed by atoms with van der Waals surface area (Å²) in [6.07, 6.45) is 1.61. The van der Waals surface area contributed by atoms with E-state index in [1.807, 2.05) is 13.0 Å². The number of carbonyl (C=O) groups is 2. The number of carbonyl (C=O) groups excluding carboxylic acids is 2. The molecule has 0 aliphatic carbocycles. The monoisotopic (exact) mass is 498 g/mol. The first kappa shape index (κ1) is 19.5. The molecule has 2 aromatic carbocycles. The third kappa shape index (κ3) is 4.03. The molecule has 1 heterocycles. The number of halogens is 2. The summed E-state index contributed by atoms with van der Waals surface area (Å²) >= 11 is 8.00. The van der Waals surface area contributed by atoms with E-state index in [0.29, 0.717) is 34.4 Å². The van der Waals surface area contributed by atoms with Crippen LogP contribution < -0.4 is 19.7 Å². The van der Waals surface area contributed by atoms with Crippen LogP contribution in [-0.4, -0.2) is 25.7 Å². The summed E-state index contributed by atoms with van der Waals surface area (Å²) in [5.74, 6) is 0.764. The highest BCUT2D eigenvalue weighted by Crippen LogP contribution is 2.35. The normalized spacial score (nSPS) is 15.3. The Hall–Kier alpha value is -2.26. The van der Waals surface area contributed by atoms with Crippen molar-refractivity contribution in [3.63, 3.8) is 0 Å². The van der Waals surface area contributed by atoms with E-state index >= 15 is 0 Å². The number of urea groups is 1. The molecule has 3 rings (SSSR count). The van der Waals surface area contributed by atoms with E-state index in [1.54, 1.807) is 43.5 Å². The minimum atomic E-state index is -0.512.